The lowest BCUT2D eigenvalue weighted by molar-refractivity contribution is -0.137. The van der Waals surface area contributed by atoms with Gasteiger partial charge in [0.15, 0.2) is 0 Å². The summed E-state index contributed by atoms with van der Waals surface area (Å²) >= 11 is 6.10. The lowest BCUT2D eigenvalue weighted by atomic mass is 10.0. The van der Waals surface area contributed by atoms with Crippen molar-refractivity contribution < 1.29 is 13.2 Å². The number of alkyl halides is 3. The summed E-state index contributed by atoms with van der Waals surface area (Å²) in [7, 11) is 0. The van der Waals surface area contributed by atoms with Crippen LogP contribution in [0.2, 0.25) is 5.02 Å². The molecule has 0 atom stereocenters. The number of hydrogen-bond donors (Lipinski definition) is 1. The number of hydrogen-bond acceptors (Lipinski definition) is 2. The minimum absolute atomic E-state index is 0.159. The van der Waals surface area contributed by atoms with E-state index in [0.29, 0.717) is 23.8 Å². The van der Waals surface area contributed by atoms with Gasteiger partial charge in [-0.2, -0.15) is 13.2 Å². The molecule has 2 nitrogen and oxygen atoms in total. The van der Waals surface area contributed by atoms with Crippen LogP contribution in [0.15, 0.2) is 18.2 Å². The first-order valence-corrected chi connectivity index (χ1v) is 6.94. The fourth-order valence-electron chi connectivity index (χ4n) is 2.45. The Morgan fingerprint density at radius 3 is 2.65 bits per heavy atom. The van der Waals surface area contributed by atoms with Gasteiger partial charge in [0.25, 0.3) is 0 Å². The van der Waals surface area contributed by atoms with E-state index < -0.39 is 11.7 Å². The summed E-state index contributed by atoms with van der Waals surface area (Å²) in [6.07, 6.45) is -3.48. The fraction of sp³-hybridized carbons (Fsp3) is 0.571. The summed E-state index contributed by atoms with van der Waals surface area (Å²) in [6.45, 7) is 6.23. The van der Waals surface area contributed by atoms with Crippen LogP contribution in [0.25, 0.3) is 0 Å². The van der Waals surface area contributed by atoms with E-state index in [1.807, 2.05) is 18.7 Å². The molecule has 0 aliphatic carbocycles. The maximum atomic E-state index is 12.8. The third-order valence-corrected chi connectivity index (χ3v) is 3.73. The van der Waals surface area contributed by atoms with Crippen LogP contribution in [0.5, 0.6) is 0 Å². The van der Waals surface area contributed by atoms with Crippen molar-refractivity contribution >= 4 is 17.3 Å². The van der Waals surface area contributed by atoms with Crippen LogP contribution in [0.1, 0.15) is 25.8 Å². The molecule has 0 saturated carbocycles. The lowest BCUT2D eigenvalue weighted by Crippen LogP contribution is -2.46. The van der Waals surface area contributed by atoms with Gasteiger partial charge in [-0.1, -0.05) is 11.6 Å². The minimum atomic E-state index is -4.35. The smallest absolute Gasteiger partial charge is 0.368 e. The Balaban J connectivity index is 2.35. The summed E-state index contributed by atoms with van der Waals surface area (Å²) in [6, 6.07) is 3.49. The zero-order valence-corrected chi connectivity index (χ0v) is 12.3. The Hall–Kier alpha value is -0.940. The van der Waals surface area contributed by atoms with Gasteiger partial charge in [-0.15, -0.1) is 0 Å². The van der Waals surface area contributed by atoms with Crippen LogP contribution in [0, 0.1) is 0 Å². The highest BCUT2D eigenvalue weighted by Gasteiger charge is 2.32. The molecule has 1 saturated heterocycles. The largest absolute Gasteiger partial charge is 0.416 e. The molecule has 1 aliphatic rings. The maximum absolute atomic E-state index is 12.8. The van der Waals surface area contributed by atoms with Crippen molar-refractivity contribution in [3.8, 4) is 0 Å². The molecule has 1 N–H and O–H groups in total. The molecule has 112 valence electrons. The van der Waals surface area contributed by atoms with Gasteiger partial charge in [-0.3, -0.25) is 0 Å². The Kier molecular flexibility index (Phi) is 4.21. The first kappa shape index (κ1) is 15.4. The first-order chi connectivity index (χ1) is 9.19. The molecule has 20 heavy (non-hydrogen) atoms. The van der Waals surface area contributed by atoms with E-state index >= 15 is 0 Å². The quantitative estimate of drug-likeness (QED) is 0.845. The molecular weight excluding hydrogens is 289 g/mol. The summed E-state index contributed by atoms with van der Waals surface area (Å²) < 4.78 is 38.5. The summed E-state index contributed by atoms with van der Waals surface area (Å²) in [5.41, 5.74) is -0.362. The molecule has 0 spiro atoms. The van der Waals surface area contributed by atoms with Crippen LogP contribution < -0.4 is 10.2 Å². The van der Waals surface area contributed by atoms with E-state index in [-0.39, 0.29) is 5.54 Å². The average Bonchev–Trinajstić information content (AvgIpc) is 2.49. The lowest BCUT2D eigenvalue weighted by Gasteiger charge is -2.32. The molecule has 2 rings (SSSR count). The van der Waals surface area contributed by atoms with Gasteiger partial charge in [0.05, 0.1) is 16.3 Å². The second-order valence-electron chi connectivity index (χ2n) is 5.75. The summed E-state index contributed by atoms with van der Waals surface area (Å²) in [4.78, 5) is 1.93. The number of benzene rings is 1. The number of anilines is 1. The number of rotatable bonds is 1. The topological polar surface area (TPSA) is 15.3 Å². The van der Waals surface area contributed by atoms with E-state index in [9.17, 15) is 13.2 Å². The SMILES string of the molecule is CC1(C)CN(c2cc(C(F)(F)F)ccc2Cl)CCCN1. The summed E-state index contributed by atoms with van der Waals surface area (Å²) in [5, 5.41) is 3.74. The van der Waals surface area contributed by atoms with Gasteiger partial charge in [0.2, 0.25) is 0 Å². The van der Waals surface area contributed by atoms with E-state index in [2.05, 4.69) is 5.32 Å². The first-order valence-electron chi connectivity index (χ1n) is 6.56. The van der Waals surface area contributed by atoms with Crippen LogP contribution >= 0.6 is 11.6 Å². The standard InChI is InChI=1S/C14H18ClF3N2/c1-13(2)9-20(7-3-6-19-13)12-8-10(14(16,17)18)4-5-11(12)15/h4-5,8,19H,3,6-7,9H2,1-2H3. The monoisotopic (exact) mass is 306 g/mol. The third kappa shape index (κ3) is 3.58. The van der Waals surface area contributed by atoms with E-state index in [1.165, 1.54) is 6.07 Å². The van der Waals surface area contributed by atoms with Crippen molar-refractivity contribution in [3.63, 3.8) is 0 Å². The Morgan fingerprint density at radius 2 is 2.00 bits per heavy atom. The van der Waals surface area contributed by atoms with E-state index in [1.54, 1.807) is 0 Å². The van der Waals surface area contributed by atoms with Gasteiger partial charge in [0.1, 0.15) is 0 Å². The van der Waals surface area contributed by atoms with Gasteiger partial charge in [0, 0.05) is 18.6 Å². The van der Waals surface area contributed by atoms with E-state index in [4.69, 9.17) is 11.6 Å². The van der Waals surface area contributed by atoms with Gasteiger partial charge in [-0.05, 0) is 45.0 Å². The Morgan fingerprint density at radius 1 is 1.30 bits per heavy atom. The van der Waals surface area contributed by atoms with Gasteiger partial charge >= 0.3 is 6.18 Å². The highest BCUT2D eigenvalue weighted by atomic mass is 35.5. The Labute approximate surface area is 121 Å². The van der Waals surface area contributed by atoms with Gasteiger partial charge in [-0.25, -0.2) is 0 Å². The highest BCUT2D eigenvalue weighted by Crippen LogP contribution is 2.36. The molecule has 1 aliphatic heterocycles. The fourth-order valence-corrected chi connectivity index (χ4v) is 2.68. The molecule has 0 unspecified atom stereocenters. The van der Waals surface area contributed by atoms with Crippen molar-refractivity contribution in [2.24, 2.45) is 0 Å². The van der Waals surface area contributed by atoms with Crippen molar-refractivity contribution in [2.75, 3.05) is 24.5 Å². The second kappa shape index (κ2) is 5.45. The van der Waals surface area contributed by atoms with Crippen LogP contribution in [0.4, 0.5) is 18.9 Å². The summed E-state index contributed by atoms with van der Waals surface area (Å²) in [5.74, 6) is 0. The maximum Gasteiger partial charge on any atom is 0.416 e. The second-order valence-corrected chi connectivity index (χ2v) is 6.16. The molecule has 6 heteroatoms. The highest BCUT2D eigenvalue weighted by molar-refractivity contribution is 6.33. The molecule has 0 bridgehead atoms. The molecule has 0 aromatic heterocycles. The van der Waals surface area contributed by atoms with Crippen LogP contribution in [-0.2, 0) is 6.18 Å². The normalized spacial score (nSPS) is 19.8. The van der Waals surface area contributed by atoms with Crippen molar-refractivity contribution in [3.05, 3.63) is 28.8 Å². The zero-order chi connectivity index (χ0) is 15.0. The predicted octanol–water partition coefficient (Wildman–Crippen LogP) is 3.94. The molecule has 1 fully saturated rings. The molecule has 1 aromatic rings. The minimum Gasteiger partial charge on any atom is -0.368 e. The number of nitrogens with zero attached hydrogens (tertiary/aromatic N) is 1. The average molecular weight is 307 g/mol. The number of halogens is 4. The van der Waals surface area contributed by atoms with Crippen molar-refractivity contribution in [2.45, 2.75) is 32.0 Å². The molecule has 0 radical (unpaired) electrons. The van der Waals surface area contributed by atoms with Gasteiger partial charge < -0.3 is 10.2 Å². The van der Waals surface area contributed by atoms with E-state index in [0.717, 1.165) is 25.1 Å². The molecule has 0 amide bonds. The van der Waals surface area contributed by atoms with Crippen LogP contribution in [-0.4, -0.2) is 25.2 Å². The predicted molar refractivity (Wildman–Crippen MR) is 75.4 cm³/mol. The number of nitrogens with one attached hydrogen (secondary N) is 1. The Bertz CT molecular complexity index is 486. The zero-order valence-electron chi connectivity index (χ0n) is 11.5. The molecule has 1 heterocycles. The van der Waals surface area contributed by atoms with Crippen LogP contribution in [0.3, 0.4) is 0 Å². The van der Waals surface area contributed by atoms with Crippen molar-refractivity contribution in [1.29, 1.82) is 0 Å². The van der Waals surface area contributed by atoms with Crippen molar-refractivity contribution in [1.82, 2.24) is 5.32 Å². The molecule has 1 aromatic carbocycles. The third-order valence-electron chi connectivity index (χ3n) is 3.41. The molecular formula is C14H18ClF3N2.